The van der Waals surface area contributed by atoms with Crippen molar-refractivity contribution in [3.05, 3.63) is 71.3 Å². The predicted molar refractivity (Wildman–Crippen MR) is 126 cm³/mol. The van der Waals surface area contributed by atoms with Gasteiger partial charge >= 0.3 is 6.03 Å². The fourth-order valence-electron chi connectivity index (χ4n) is 4.70. The van der Waals surface area contributed by atoms with Crippen LogP contribution in [0, 0.1) is 0 Å². The lowest BCUT2D eigenvalue weighted by Gasteiger charge is -2.33. The Hall–Kier alpha value is -2.86. The summed E-state index contributed by atoms with van der Waals surface area (Å²) >= 11 is 0. The van der Waals surface area contributed by atoms with Gasteiger partial charge in [-0.25, -0.2) is 4.79 Å². The van der Waals surface area contributed by atoms with Gasteiger partial charge in [-0.15, -0.1) is 0 Å². The van der Waals surface area contributed by atoms with E-state index in [9.17, 15) is 9.59 Å². The molecule has 1 saturated heterocycles. The van der Waals surface area contributed by atoms with E-state index >= 15 is 0 Å². The van der Waals surface area contributed by atoms with E-state index in [1.54, 1.807) is 0 Å². The van der Waals surface area contributed by atoms with Crippen LogP contribution in [0.4, 0.5) is 4.79 Å². The van der Waals surface area contributed by atoms with Gasteiger partial charge < -0.3 is 15.5 Å². The number of hydrogen-bond acceptors (Lipinski definition) is 3. The number of nitrogens with one attached hydrogen (secondary N) is 2. The van der Waals surface area contributed by atoms with Crippen LogP contribution in [0.3, 0.4) is 0 Å². The number of likely N-dealkylation sites (tertiary alicyclic amines) is 1. The van der Waals surface area contributed by atoms with Crippen LogP contribution in [0.15, 0.2) is 54.6 Å². The molecule has 2 aliphatic heterocycles. The van der Waals surface area contributed by atoms with Gasteiger partial charge in [-0.2, -0.15) is 0 Å². The van der Waals surface area contributed by atoms with E-state index in [0.29, 0.717) is 25.9 Å². The molecule has 6 nitrogen and oxygen atoms in total. The fourth-order valence-corrected chi connectivity index (χ4v) is 4.70. The van der Waals surface area contributed by atoms with Gasteiger partial charge in [-0.1, -0.05) is 54.6 Å². The Morgan fingerprint density at radius 2 is 1.75 bits per heavy atom. The molecule has 0 aliphatic carbocycles. The summed E-state index contributed by atoms with van der Waals surface area (Å²) in [5.74, 6) is 0.172. The van der Waals surface area contributed by atoms with Crippen LogP contribution in [-0.2, 0) is 24.3 Å². The van der Waals surface area contributed by atoms with Gasteiger partial charge in [-0.3, -0.25) is 9.69 Å². The van der Waals surface area contributed by atoms with Gasteiger partial charge in [0.15, 0.2) is 0 Å². The van der Waals surface area contributed by atoms with Crippen molar-refractivity contribution in [1.29, 1.82) is 0 Å². The standard InChI is InChI=1S/C26H34N4O2/c31-25(30-17-14-22-10-4-5-11-23(22)19-30)13-6-15-27-26(32)28-24-12-7-16-29(20-24)18-21-8-2-1-3-9-21/h1-5,8-11,24H,6-7,12-20H2,(H2,27,28,32). The third-order valence-corrected chi connectivity index (χ3v) is 6.43. The number of rotatable bonds is 7. The minimum absolute atomic E-state index is 0.129. The van der Waals surface area contributed by atoms with Crippen LogP contribution < -0.4 is 10.6 Å². The van der Waals surface area contributed by atoms with E-state index in [2.05, 4.69) is 58.0 Å². The van der Waals surface area contributed by atoms with Crippen molar-refractivity contribution >= 4 is 11.9 Å². The van der Waals surface area contributed by atoms with Crippen LogP contribution in [0.25, 0.3) is 0 Å². The SMILES string of the molecule is O=C(NCCCC(=O)N1CCc2ccccc2C1)NC1CCCN(Cc2ccccc2)C1. The molecule has 2 N–H and O–H groups in total. The Balaban J connectivity index is 1.12. The zero-order chi connectivity index (χ0) is 22.2. The summed E-state index contributed by atoms with van der Waals surface area (Å²) in [4.78, 5) is 29.2. The number of carbonyl (C=O) groups is 2. The largest absolute Gasteiger partial charge is 0.338 e. The van der Waals surface area contributed by atoms with Crippen LogP contribution >= 0.6 is 0 Å². The number of hydrogen-bond donors (Lipinski definition) is 2. The molecule has 1 fully saturated rings. The maximum absolute atomic E-state index is 12.5. The van der Waals surface area contributed by atoms with Crippen molar-refractivity contribution in [2.45, 2.75) is 51.2 Å². The van der Waals surface area contributed by atoms with Crippen molar-refractivity contribution < 1.29 is 9.59 Å². The number of urea groups is 1. The molecular formula is C26H34N4O2. The number of nitrogens with zero attached hydrogens (tertiary/aromatic N) is 2. The maximum Gasteiger partial charge on any atom is 0.315 e. The first-order chi connectivity index (χ1) is 15.7. The van der Waals surface area contributed by atoms with Crippen LogP contribution in [0.2, 0.25) is 0 Å². The summed E-state index contributed by atoms with van der Waals surface area (Å²) in [5.41, 5.74) is 3.90. The number of fused-ring (bicyclic) bond motifs is 1. The molecule has 32 heavy (non-hydrogen) atoms. The average molecular weight is 435 g/mol. The second kappa shape index (κ2) is 11.1. The van der Waals surface area contributed by atoms with E-state index < -0.39 is 0 Å². The first-order valence-electron chi connectivity index (χ1n) is 11.8. The van der Waals surface area contributed by atoms with Crippen molar-refractivity contribution in [3.63, 3.8) is 0 Å². The van der Waals surface area contributed by atoms with Crippen LogP contribution in [0.1, 0.15) is 42.4 Å². The van der Waals surface area contributed by atoms with Crippen LogP contribution in [-0.4, -0.2) is 54.0 Å². The Morgan fingerprint density at radius 1 is 0.969 bits per heavy atom. The van der Waals surface area contributed by atoms with Crippen molar-refractivity contribution in [2.75, 3.05) is 26.2 Å². The number of piperidine rings is 1. The molecule has 0 aromatic heterocycles. The molecule has 170 valence electrons. The zero-order valence-corrected chi connectivity index (χ0v) is 18.8. The molecular weight excluding hydrogens is 400 g/mol. The van der Waals surface area contributed by atoms with Gasteiger partial charge in [0.05, 0.1) is 0 Å². The molecule has 0 radical (unpaired) electrons. The summed E-state index contributed by atoms with van der Waals surface area (Å²) in [6.07, 6.45) is 4.15. The first-order valence-corrected chi connectivity index (χ1v) is 11.8. The molecule has 1 unspecified atom stereocenters. The first kappa shape index (κ1) is 22.3. The topological polar surface area (TPSA) is 64.7 Å². The normalized spacial score (nSPS) is 18.6. The number of benzene rings is 2. The zero-order valence-electron chi connectivity index (χ0n) is 18.8. The van der Waals surface area contributed by atoms with Gasteiger partial charge in [0, 0.05) is 45.2 Å². The molecule has 4 rings (SSSR count). The maximum atomic E-state index is 12.5. The Bertz CT molecular complexity index is 902. The molecule has 6 heteroatoms. The highest BCUT2D eigenvalue weighted by Crippen LogP contribution is 2.19. The molecule has 0 saturated carbocycles. The molecule has 1 atom stereocenters. The van der Waals surface area contributed by atoms with E-state index in [-0.39, 0.29) is 18.0 Å². The fraction of sp³-hybridized carbons (Fsp3) is 0.462. The van der Waals surface area contributed by atoms with E-state index in [0.717, 1.165) is 45.4 Å². The monoisotopic (exact) mass is 434 g/mol. The van der Waals surface area contributed by atoms with E-state index in [1.165, 1.54) is 16.7 Å². The lowest BCUT2D eigenvalue weighted by Crippen LogP contribution is -2.50. The van der Waals surface area contributed by atoms with E-state index in [4.69, 9.17) is 0 Å². The Labute approximate surface area is 191 Å². The summed E-state index contributed by atoms with van der Waals surface area (Å²) < 4.78 is 0. The lowest BCUT2D eigenvalue weighted by molar-refractivity contribution is -0.132. The second-order valence-corrected chi connectivity index (χ2v) is 8.90. The molecule has 0 spiro atoms. The lowest BCUT2D eigenvalue weighted by atomic mass is 9.99. The summed E-state index contributed by atoms with van der Waals surface area (Å²) in [6.45, 7) is 4.86. The van der Waals surface area contributed by atoms with Gasteiger partial charge in [-0.05, 0) is 48.9 Å². The molecule has 2 aliphatic rings. The van der Waals surface area contributed by atoms with Crippen molar-refractivity contribution in [1.82, 2.24) is 20.4 Å². The van der Waals surface area contributed by atoms with Gasteiger partial charge in [0.2, 0.25) is 5.91 Å². The minimum Gasteiger partial charge on any atom is -0.338 e. The minimum atomic E-state index is -0.129. The summed E-state index contributed by atoms with van der Waals surface area (Å²) in [5, 5.41) is 6.04. The average Bonchev–Trinajstić information content (AvgIpc) is 2.82. The molecule has 2 aromatic carbocycles. The number of amides is 3. The molecule has 2 aromatic rings. The second-order valence-electron chi connectivity index (χ2n) is 8.90. The highest BCUT2D eigenvalue weighted by atomic mass is 16.2. The Morgan fingerprint density at radius 3 is 2.59 bits per heavy atom. The third-order valence-electron chi connectivity index (χ3n) is 6.43. The van der Waals surface area contributed by atoms with E-state index in [1.807, 2.05) is 17.0 Å². The van der Waals surface area contributed by atoms with Crippen molar-refractivity contribution in [2.24, 2.45) is 0 Å². The van der Waals surface area contributed by atoms with Crippen LogP contribution in [0.5, 0.6) is 0 Å². The highest BCUT2D eigenvalue weighted by molar-refractivity contribution is 5.77. The third kappa shape index (κ3) is 6.33. The van der Waals surface area contributed by atoms with Crippen molar-refractivity contribution in [3.8, 4) is 0 Å². The molecule has 0 bridgehead atoms. The molecule has 3 amide bonds. The number of carbonyl (C=O) groups excluding carboxylic acids is 2. The predicted octanol–water partition coefficient (Wildman–Crippen LogP) is 3.32. The quantitative estimate of drug-likeness (QED) is 0.657. The Kier molecular flexibility index (Phi) is 7.77. The highest BCUT2D eigenvalue weighted by Gasteiger charge is 2.22. The summed E-state index contributed by atoms with van der Waals surface area (Å²) in [6, 6.07) is 18.8. The smallest absolute Gasteiger partial charge is 0.315 e. The summed E-state index contributed by atoms with van der Waals surface area (Å²) in [7, 11) is 0. The molecule has 2 heterocycles. The van der Waals surface area contributed by atoms with Gasteiger partial charge in [0.1, 0.15) is 0 Å². The van der Waals surface area contributed by atoms with Gasteiger partial charge in [0.25, 0.3) is 0 Å².